The third kappa shape index (κ3) is 3.91. The van der Waals surface area contributed by atoms with Gasteiger partial charge in [-0.05, 0) is 67.0 Å². The molecule has 0 unspecified atom stereocenters. The van der Waals surface area contributed by atoms with E-state index in [2.05, 4.69) is 42.9 Å². The molecule has 2 heterocycles. The Hall–Kier alpha value is -0.730. The van der Waals surface area contributed by atoms with Gasteiger partial charge in [0.25, 0.3) is 0 Å². The highest BCUT2D eigenvalue weighted by Crippen LogP contribution is 2.31. The predicted octanol–water partition coefficient (Wildman–Crippen LogP) is 4.43. The summed E-state index contributed by atoms with van der Waals surface area (Å²) in [5, 5.41) is 4.72. The lowest BCUT2D eigenvalue weighted by molar-refractivity contribution is 0.0203. The van der Waals surface area contributed by atoms with Gasteiger partial charge in [0.15, 0.2) is 0 Å². The highest BCUT2D eigenvalue weighted by molar-refractivity contribution is 14.1. The zero-order chi connectivity index (χ0) is 16.5. The van der Waals surface area contributed by atoms with Gasteiger partial charge in [-0.25, -0.2) is 15.0 Å². The maximum Gasteiger partial charge on any atom is 0.223 e. The molecule has 2 saturated carbocycles. The summed E-state index contributed by atoms with van der Waals surface area (Å²) < 4.78 is 6.99. The third-order valence-electron chi connectivity index (χ3n) is 4.80. The van der Waals surface area contributed by atoms with Crippen LogP contribution in [0.15, 0.2) is 12.4 Å². The Bertz CT molecular complexity index is 732. The average Bonchev–Trinajstić information content (AvgIpc) is 3.42. The summed E-state index contributed by atoms with van der Waals surface area (Å²) >= 11 is 8.35. The van der Waals surface area contributed by atoms with E-state index in [0.717, 1.165) is 52.7 Å². The fourth-order valence-electron chi connectivity index (χ4n) is 3.14. The zero-order valence-electron chi connectivity index (χ0n) is 13.3. The van der Waals surface area contributed by atoms with Gasteiger partial charge in [0.05, 0.1) is 20.6 Å². The maximum absolute atomic E-state index is 6.12. The molecule has 0 aliphatic heterocycles. The van der Waals surface area contributed by atoms with E-state index in [9.17, 15) is 0 Å². The minimum absolute atomic E-state index is 0.415. The molecular formula is C17H20ClIN4O. The summed E-state index contributed by atoms with van der Waals surface area (Å²) in [6.07, 6.45) is 11.1. The van der Waals surface area contributed by atoms with Crippen LogP contribution >= 0.6 is 34.2 Å². The number of fused-ring (bicyclic) bond motifs is 1. The van der Waals surface area contributed by atoms with Crippen molar-refractivity contribution in [2.75, 3.05) is 11.9 Å². The number of hydrogen-bond donors (Lipinski definition) is 1. The van der Waals surface area contributed by atoms with Crippen LogP contribution in [0.25, 0.3) is 10.9 Å². The Morgan fingerprint density at radius 3 is 2.67 bits per heavy atom. The summed E-state index contributed by atoms with van der Waals surface area (Å²) in [6.45, 7) is 0.962. The van der Waals surface area contributed by atoms with E-state index in [4.69, 9.17) is 16.3 Å². The summed E-state index contributed by atoms with van der Waals surface area (Å²) in [5.74, 6) is 1.51. The maximum atomic E-state index is 6.12. The molecule has 0 amide bonds. The Balaban J connectivity index is 1.37. The largest absolute Gasteiger partial charge is 0.378 e. The Morgan fingerprint density at radius 1 is 1.12 bits per heavy atom. The number of rotatable bonds is 5. The highest BCUT2D eigenvalue weighted by Gasteiger charge is 2.26. The second-order valence-electron chi connectivity index (χ2n) is 6.75. The minimum Gasteiger partial charge on any atom is -0.378 e. The Labute approximate surface area is 160 Å². The molecule has 7 heteroatoms. The van der Waals surface area contributed by atoms with Gasteiger partial charge in [-0.2, -0.15) is 0 Å². The number of nitrogens with one attached hydrogen (secondary N) is 1. The number of anilines is 1. The topological polar surface area (TPSA) is 59.9 Å². The molecule has 0 atom stereocenters. The highest BCUT2D eigenvalue weighted by atomic mass is 127. The summed E-state index contributed by atoms with van der Waals surface area (Å²) in [7, 11) is 0. The monoisotopic (exact) mass is 458 g/mol. The fourth-order valence-corrected chi connectivity index (χ4v) is 3.88. The van der Waals surface area contributed by atoms with E-state index in [1.54, 1.807) is 12.4 Å². The average molecular weight is 459 g/mol. The van der Waals surface area contributed by atoms with Crippen LogP contribution < -0.4 is 5.32 Å². The number of aromatic nitrogens is 3. The minimum atomic E-state index is 0.415. The first-order valence-corrected chi connectivity index (χ1v) is 9.99. The molecule has 0 aromatic carbocycles. The van der Waals surface area contributed by atoms with Crippen LogP contribution in [-0.4, -0.2) is 33.7 Å². The molecule has 2 aliphatic carbocycles. The smallest absolute Gasteiger partial charge is 0.223 e. The standard InChI is InChI=1S/C17H20ClIN4O/c18-16-13-7-21-17(23-15(13)14(19)8-20-16)22-11-3-5-12(6-4-11)24-9-10-1-2-10/h7-8,10-12H,1-6,9H2,(H,21,22,23)/t11-,12-. The van der Waals surface area contributed by atoms with Gasteiger partial charge in [-0.3, -0.25) is 0 Å². The molecule has 2 aliphatic rings. The number of ether oxygens (including phenoxy) is 1. The van der Waals surface area contributed by atoms with E-state index < -0.39 is 0 Å². The van der Waals surface area contributed by atoms with E-state index in [1.165, 1.54) is 12.8 Å². The lowest BCUT2D eigenvalue weighted by atomic mass is 9.93. The molecule has 1 N–H and O–H groups in total. The fraction of sp³-hybridized carbons (Fsp3) is 0.588. The third-order valence-corrected chi connectivity index (χ3v) is 5.89. The van der Waals surface area contributed by atoms with Crippen LogP contribution in [0.4, 0.5) is 5.95 Å². The van der Waals surface area contributed by atoms with Crippen LogP contribution in [0, 0.1) is 9.49 Å². The van der Waals surface area contributed by atoms with Gasteiger partial charge in [0.1, 0.15) is 5.15 Å². The van der Waals surface area contributed by atoms with Gasteiger partial charge in [-0.1, -0.05) is 11.6 Å². The summed E-state index contributed by atoms with van der Waals surface area (Å²) in [6, 6.07) is 0.415. The molecule has 0 bridgehead atoms. The van der Waals surface area contributed by atoms with Gasteiger partial charge >= 0.3 is 0 Å². The number of nitrogens with zero attached hydrogens (tertiary/aromatic N) is 3. The van der Waals surface area contributed by atoms with E-state index >= 15 is 0 Å². The number of hydrogen-bond acceptors (Lipinski definition) is 5. The van der Waals surface area contributed by atoms with Crippen molar-refractivity contribution in [2.45, 2.75) is 50.7 Å². The van der Waals surface area contributed by atoms with Crippen LogP contribution in [0.1, 0.15) is 38.5 Å². The van der Waals surface area contributed by atoms with Crippen molar-refractivity contribution in [3.63, 3.8) is 0 Å². The quantitative estimate of drug-likeness (QED) is 0.530. The van der Waals surface area contributed by atoms with Crippen molar-refractivity contribution in [3.05, 3.63) is 21.1 Å². The van der Waals surface area contributed by atoms with Crippen LogP contribution in [0.5, 0.6) is 0 Å². The molecule has 2 aromatic heterocycles. The molecule has 5 nitrogen and oxygen atoms in total. The second-order valence-corrected chi connectivity index (χ2v) is 8.27. The van der Waals surface area contributed by atoms with Gasteiger partial charge in [0, 0.05) is 25.0 Å². The van der Waals surface area contributed by atoms with Crippen LogP contribution in [0.3, 0.4) is 0 Å². The van der Waals surface area contributed by atoms with E-state index in [0.29, 0.717) is 23.2 Å². The molecule has 2 aromatic rings. The summed E-state index contributed by atoms with van der Waals surface area (Å²) in [5.41, 5.74) is 0.856. The SMILES string of the molecule is Clc1ncc(I)c2nc(N[C@H]3CC[C@H](OCC4CC4)CC3)ncc12. The van der Waals surface area contributed by atoms with Crippen molar-refractivity contribution < 1.29 is 4.74 Å². The Morgan fingerprint density at radius 2 is 1.92 bits per heavy atom. The molecule has 2 fully saturated rings. The molecule has 0 spiro atoms. The Kier molecular flexibility index (Phi) is 5.05. The lowest BCUT2D eigenvalue weighted by Crippen LogP contribution is -2.30. The van der Waals surface area contributed by atoms with Gasteiger partial charge in [-0.15, -0.1) is 0 Å². The lowest BCUT2D eigenvalue weighted by Gasteiger charge is -2.29. The second kappa shape index (κ2) is 7.25. The molecule has 24 heavy (non-hydrogen) atoms. The number of pyridine rings is 1. The molecule has 0 saturated heterocycles. The normalized spacial score (nSPS) is 24.2. The van der Waals surface area contributed by atoms with Gasteiger partial charge in [0.2, 0.25) is 5.95 Å². The van der Waals surface area contributed by atoms with Crippen molar-refractivity contribution in [2.24, 2.45) is 5.92 Å². The van der Waals surface area contributed by atoms with Crippen molar-refractivity contribution in [1.29, 1.82) is 0 Å². The first-order valence-electron chi connectivity index (χ1n) is 8.54. The van der Waals surface area contributed by atoms with Gasteiger partial charge < -0.3 is 10.1 Å². The van der Waals surface area contributed by atoms with Crippen molar-refractivity contribution in [1.82, 2.24) is 15.0 Å². The number of halogens is 2. The first-order chi connectivity index (χ1) is 11.7. The van der Waals surface area contributed by atoms with Crippen molar-refractivity contribution in [3.8, 4) is 0 Å². The van der Waals surface area contributed by atoms with Crippen LogP contribution in [0.2, 0.25) is 5.15 Å². The predicted molar refractivity (Wildman–Crippen MR) is 103 cm³/mol. The zero-order valence-corrected chi connectivity index (χ0v) is 16.3. The molecule has 0 radical (unpaired) electrons. The molecule has 4 rings (SSSR count). The summed E-state index contributed by atoms with van der Waals surface area (Å²) in [4.78, 5) is 13.2. The van der Waals surface area contributed by atoms with Crippen molar-refractivity contribution >= 4 is 51.0 Å². The molecular weight excluding hydrogens is 439 g/mol. The van der Waals surface area contributed by atoms with E-state index in [-0.39, 0.29) is 0 Å². The van der Waals surface area contributed by atoms with Crippen LogP contribution in [-0.2, 0) is 4.74 Å². The molecule has 128 valence electrons. The van der Waals surface area contributed by atoms with E-state index in [1.807, 2.05) is 0 Å². The first kappa shape index (κ1) is 16.7.